The molecule has 0 radical (unpaired) electrons. The Morgan fingerprint density at radius 3 is 2.28 bits per heavy atom. The van der Waals surface area contributed by atoms with Gasteiger partial charge in [-0.05, 0) is 80.8 Å². The highest BCUT2D eigenvalue weighted by molar-refractivity contribution is 6.31. The minimum absolute atomic E-state index is 0.0173. The number of rotatable bonds is 6. The quantitative estimate of drug-likeness (QED) is 0.227. The number of pyridine rings is 1. The van der Waals surface area contributed by atoms with E-state index in [1.165, 1.54) is 6.07 Å². The molecule has 1 N–H and O–H groups in total. The van der Waals surface area contributed by atoms with E-state index in [0.29, 0.717) is 59.0 Å². The van der Waals surface area contributed by atoms with Gasteiger partial charge in [0.2, 0.25) is 11.8 Å². The first-order chi connectivity index (χ1) is 30.5. The number of aromatic nitrogens is 1. The lowest BCUT2D eigenvalue weighted by molar-refractivity contribution is -0.199. The number of nitrogens with one attached hydrogen (secondary N) is 1. The summed E-state index contributed by atoms with van der Waals surface area (Å²) in [5.41, 5.74) is 2.00. The Balaban J connectivity index is 0.720. The molecule has 5 amide bonds. The second-order valence-electron chi connectivity index (χ2n) is 20.1. The number of benzene rings is 2. The van der Waals surface area contributed by atoms with Crippen molar-refractivity contribution in [3.05, 3.63) is 86.9 Å². The number of nitrogens with zero attached hydrogens (tertiary/aromatic N) is 6. The molecule has 0 bridgehead atoms. The van der Waals surface area contributed by atoms with Crippen LogP contribution in [0.5, 0.6) is 5.75 Å². The normalized spacial score (nSPS) is 27.6. The Kier molecular flexibility index (Phi) is 9.96. The minimum Gasteiger partial charge on any atom is -0.489 e. The van der Waals surface area contributed by atoms with E-state index in [0.717, 1.165) is 61.9 Å². The zero-order valence-corrected chi connectivity index (χ0v) is 37.1. The molecule has 5 aliphatic heterocycles. The molecule has 5 fully saturated rings. The van der Waals surface area contributed by atoms with Crippen LogP contribution in [-0.4, -0.2) is 99.6 Å². The number of halogens is 2. The van der Waals surface area contributed by atoms with Gasteiger partial charge in [-0.3, -0.25) is 39.1 Å². The van der Waals surface area contributed by atoms with Crippen molar-refractivity contribution in [2.75, 3.05) is 31.1 Å². The van der Waals surface area contributed by atoms with Crippen molar-refractivity contribution in [3.8, 4) is 23.7 Å². The molecular weight excluding hydrogens is 837 g/mol. The highest BCUT2D eigenvalue weighted by Gasteiger charge is 2.67. The van der Waals surface area contributed by atoms with Crippen molar-refractivity contribution in [1.82, 2.24) is 25.0 Å². The highest BCUT2D eigenvalue weighted by Crippen LogP contribution is 2.59. The molecule has 2 aliphatic carbocycles. The zero-order chi connectivity index (χ0) is 45.0. The molecule has 3 aromatic rings. The number of carbonyl (C=O) groups is 5. The lowest BCUT2D eigenvalue weighted by Gasteiger charge is -2.65. The fourth-order valence-electron chi connectivity index (χ4n) is 12.4. The van der Waals surface area contributed by atoms with Crippen LogP contribution in [0.2, 0.25) is 5.02 Å². The summed E-state index contributed by atoms with van der Waals surface area (Å²) in [5.74, 6) is 4.55. The number of piperidine rings is 1. The average molecular weight is 886 g/mol. The molecule has 6 heterocycles. The van der Waals surface area contributed by atoms with E-state index in [9.17, 15) is 29.2 Å². The Hall–Kier alpha value is -5.83. The maximum atomic E-state index is 15.6. The van der Waals surface area contributed by atoms with Crippen LogP contribution in [0.1, 0.15) is 121 Å². The van der Waals surface area contributed by atoms with Crippen molar-refractivity contribution in [1.29, 1.82) is 5.26 Å². The van der Waals surface area contributed by atoms with Gasteiger partial charge in [-0.15, -0.1) is 0 Å². The third kappa shape index (κ3) is 6.75. The third-order valence-corrected chi connectivity index (χ3v) is 15.5. The van der Waals surface area contributed by atoms with Gasteiger partial charge in [-0.1, -0.05) is 45.2 Å². The standard InChI is InChI=1S/C49H49ClFN7O6/c1-47(2)45(48(3,4)46(47)64-31-13-8-28(22-52)35(50)19-31)57-23-37-32(42(57)61)14-10-29(53-37)9-5-27-6-11-30(12-7-27)56-25-49(26-56)17-18-55(24-49)39-21-34-33(20-36(39)51)43(62)58(44(34)63)38-15-16-40(59)54-41(38)60/h8,10,13-14,19-21,27,30,38,45-46H,6-7,11-12,15-18,23-26H2,1-4H3,(H,54,59,60). The summed E-state index contributed by atoms with van der Waals surface area (Å²) in [4.78, 5) is 76.8. The summed E-state index contributed by atoms with van der Waals surface area (Å²) in [6.07, 6.45) is 4.79. The summed E-state index contributed by atoms with van der Waals surface area (Å²) >= 11 is 6.29. The number of hydrogen-bond acceptors (Lipinski definition) is 10. The number of carbonyl (C=O) groups excluding carboxylic acids is 5. The van der Waals surface area contributed by atoms with Crippen LogP contribution in [0.25, 0.3) is 0 Å². The van der Waals surface area contributed by atoms with Crippen LogP contribution >= 0.6 is 11.6 Å². The van der Waals surface area contributed by atoms with Gasteiger partial charge in [0, 0.05) is 72.9 Å². The van der Waals surface area contributed by atoms with Crippen LogP contribution < -0.4 is 15.0 Å². The van der Waals surface area contributed by atoms with Crippen molar-refractivity contribution in [3.63, 3.8) is 0 Å². The van der Waals surface area contributed by atoms with Gasteiger partial charge in [0.05, 0.1) is 45.2 Å². The Labute approximate surface area is 376 Å². The van der Waals surface area contributed by atoms with Crippen molar-refractivity contribution in [2.24, 2.45) is 22.2 Å². The van der Waals surface area contributed by atoms with Crippen LogP contribution in [0.3, 0.4) is 0 Å². The molecular formula is C49H49ClFN7O6. The van der Waals surface area contributed by atoms with E-state index in [2.05, 4.69) is 55.8 Å². The average Bonchev–Trinajstić information content (AvgIpc) is 3.90. The first-order valence-electron chi connectivity index (χ1n) is 22.2. The lowest BCUT2D eigenvalue weighted by atomic mass is 9.49. The summed E-state index contributed by atoms with van der Waals surface area (Å²) in [6.45, 7) is 12.0. The SMILES string of the molecule is CC1(C)C(Oc2ccc(C#N)c(Cl)c2)C(C)(C)C1N1Cc2nc(C#CC3CCC(N4CC5(CCN(c6cc7c(cc6F)C(=O)N(C6CCC(=O)NC6=O)C7=O)C5)C4)CC3)ccc2C1=O. The second-order valence-corrected chi connectivity index (χ2v) is 20.5. The van der Waals surface area contributed by atoms with Crippen LogP contribution in [0.4, 0.5) is 10.1 Å². The number of likely N-dealkylation sites (tertiary alicyclic amines) is 1. The number of imide groups is 2. The van der Waals surface area contributed by atoms with Crippen molar-refractivity contribution >= 4 is 46.8 Å². The molecule has 330 valence electrons. The van der Waals surface area contributed by atoms with Gasteiger partial charge in [0.15, 0.2) is 0 Å². The third-order valence-electron chi connectivity index (χ3n) is 15.2. The fourth-order valence-corrected chi connectivity index (χ4v) is 12.7. The predicted octanol–water partition coefficient (Wildman–Crippen LogP) is 6.11. The van der Waals surface area contributed by atoms with Gasteiger partial charge in [-0.25, -0.2) is 9.37 Å². The monoisotopic (exact) mass is 885 g/mol. The molecule has 1 aromatic heterocycles. The lowest BCUT2D eigenvalue weighted by Crippen LogP contribution is -2.74. The first kappa shape index (κ1) is 42.1. The maximum absolute atomic E-state index is 15.6. The van der Waals surface area contributed by atoms with Gasteiger partial charge < -0.3 is 14.5 Å². The molecule has 2 aromatic carbocycles. The van der Waals surface area contributed by atoms with E-state index < -0.39 is 35.5 Å². The number of fused-ring (bicyclic) bond motifs is 2. The number of ether oxygens (including phenoxy) is 1. The van der Waals surface area contributed by atoms with Crippen LogP contribution in [-0.2, 0) is 16.1 Å². The highest BCUT2D eigenvalue weighted by atomic mass is 35.5. The van der Waals surface area contributed by atoms with Crippen molar-refractivity contribution in [2.45, 2.75) is 103 Å². The number of hydrogen-bond donors (Lipinski definition) is 1. The molecule has 2 saturated carbocycles. The Bertz CT molecular complexity index is 2650. The number of amides is 5. The van der Waals surface area contributed by atoms with Gasteiger partial charge in [0.25, 0.3) is 17.7 Å². The topological polar surface area (TPSA) is 156 Å². The molecule has 1 unspecified atom stereocenters. The van der Waals surface area contributed by atoms with Crippen molar-refractivity contribution < 1.29 is 33.1 Å². The predicted molar refractivity (Wildman–Crippen MR) is 233 cm³/mol. The molecule has 64 heavy (non-hydrogen) atoms. The Morgan fingerprint density at radius 1 is 0.875 bits per heavy atom. The zero-order valence-electron chi connectivity index (χ0n) is 36.3. The molecule has 10 rings (SSSR count). The molecule has 1 spiro atoms. The maximum Gasteiger partial charge on any atom is 0.262 e. The van der Waals surface area contributed by atoms with Crippen LogP contribution in [0.15, 0.2) is 42.5 Å². The van der Waals surface area contributed by atoms with E-state index >= 15 is 4.39 Å². The van der Waals surface area contributed by atoms with E-state index in [1.807, 2.05) is 21.9 Å². The van der Waals surface area contributed by atoms with Gasteiger partial charge in [-0.2, -0.15) is 5.26 Å². The largest absolute Gasteiger partial charge is 0.489 e. The second kappa shape index (κ2) is 15.1. The summed E-state index contributed by atoms with van der Waals surface area (Å²) in [6, 6.07) is 12.7. The number of nitriles is 1. The summed E-state index contributed by atoms with van der Waals surface area (Å²) in [7, 11) is 0. The first-order valence-corrected chi connectivity index (χ1v) is 22.6. The van der Waals surface area contributed by atoms with E-state index in [4.69, 9.17) is 21.3 Å². The van der Waals surface area contributed by atoms with Gasteiger partial charge >= 0.3 is 0 Å². The summed E-state index contributed by atoms with van der Waals surface area (Å²) in [5, 5.41) is 11.8. The smallest absolute Gasteiger partial charge is 0.262 e. The minimum atomic E-state index is -1.10. The number of anilines is 1. The van der Waals surface area contributed by atoms with E-state index in [-0.39, 0.29) is 64.2 Å². The van der Waals surface area contributed by atoms with Crippen LogP contribution in [0, 0.1) is 51.2 Å². The molecule has 7 aliphatic rings. The fraction of sp³-hybridized carbons (Fsp3) is 0.490. The molecule has 3 saturated heterocycles. The molecule has 13 nitrogen and oxygen atoms in total. The van der Waals surface area contributed by atoms with E-state index in [1.54, 1.807) is 18.2 Å². The molecule has 15 heteroatoms. The van der Waals surface area contributed by atoms with Gasteiger partial charge in [0.1, 0.15) is 35.5 Å². The molecule has 1 atom stereocenters. The summed E-state index contributed by atoms with van der Waals surface area (Å²) < 4.78 is 22.1. The Morgan fingerprint density at radius 2 is 1.59 bits per heavy atom.